The number of amides is 1. The van der Waals surface area contributed by atoms with Crippen molar-refractivity contribution in [3.63, 3.8) is 0 Å². The summed E-state index contributed by atoms with van der Waals surface area (Å²) >= 11 is 1.76. The quantitative estimate of drug-likeness (QED) is 0.568. The topological polar surface area (TPSA) is 41.1 Å². The molecule has 1 atom stereocenters. The molecule has 0 saturated carbocycles. The molecule has 3 nitrogen and oxygen atoms in total. The molecule has 1 saturated heterocycles. The number of nitrogens with one attached hydrogen (secondary N) is 2. The summed E-state index contributed by atoms with van der Waals surface area (Å²) in [5.74, 6) is 1.82. The molecule has 1 aliphatic heterocycles. The Balaban J connectivity index is 2.43. The van der Waals surface area contributed by atoms with Gasteiger partial charge in [0, 0.05) is 11.6 Å². The van der Waals surface area contributed by atoms with Crippen molar-refractivity contribution in [3.8, 4) is 0 Å². The van der Waals surface area contributed by atoms with E-state index in [0.717, 1.165) is 17.1 Å². The Morgan fingerprint density at radius 3 is 2.88 bits per heavy atom. The molecular weight excluding hydrogens is 231 g/mol. The summed E-state index contributed by atoms with van der Waals surface area (Å²) in [5.41, 5.74) is 1.10. The molecule has 1 heterocycles. The molecule has 1 fully saturated rings. The SMILES string of the molecule is C\C=C/C=C(BNC(=O)[C@H]1CSCN1)\C=C/C. The second kappa shape index (κ2) is 8.20. The monoisotopic (exact) mass is 250 g/mol. The number of carbonyl (C=O) groups is 1. The second-order valence-electron chi connectivity index (χ2n) is 3.76. The van der Waals surface area contributed by atoms with Crippen LogP contribution in [0.15, 0.2) is 35.9 Å². The molecular formula is C12H19BN2OS. The van der Waals surface area contributed by atoms with Crippen molar-refractivity contribution in [1.29, 1.82) is 0 Å². The van der Waals surface area contributed by atoms with E-state index in [1.54, 1.807) is 11.8 Å². The number of hydrogen-bond donors (Lipinski definition) is 2. The molecule has 1 amide bonds. The van der Waals surface area contributed by atoms with Gasteiger partial charge >= 0.3 is 0 Å². The van der Waals surface area contributed by atoms with E-state index < -0.39 is 0 Å². The van der Waals surface area contributed by atoms with Crippen LogP contribution in [0.1, 0.15) is 13.8 Å². The molecule has 0 bridgehead atoms. The highest BCUT2D eigenvalue weighted by Gasteiger charge is 2.21. The van der Waals surface area contributed by atoms with Crippen LogP contribution in [-0.2, 0) is 4.79 Å². The lowest BCUT2D eigenvalue weighted by atomic mass is 9.81. The van der Waals surface area contributed by atoms with Crippen molar-refractivity contribution in [2.24, 2.45) is 0 Å². The lowest BCUT2D eigenvalue weighted by Crippen LogP contribution is -2.43. The minimum atomic E-state index is -0.0337. The first-order chi connectivity index (χ1) is 8.27. The Hall–Kier alpha value is -0.935. The molecule has 0 radical (unpaired) electrons. The number of hydrogen-bond acceptors (Lipinski definition) is 3. The van der Waals surface area contributed by atoms with Gasteiger partial charge in [-0.3, -0.25) is 10.1 Å². The van der Waals surface area contributed by atoms with Crippen LogP contribution in [0.3, 0.4) is 0 Å². The van der Waals surface area contributed by atoms with E-state index in [1.165, 1.54) is 0 Å². The summed E-state index contributed by atoms with van der Waals surface area (Å²) in [4.78, 5) is 11.8. The fourth-order valence-electron chi connectivity index (χ4n) is 1.48. The van der Waals surface area contributed by atoms with E-state index >= 15 is 0 Å². The first-order valence-electron chi connectivity index (χ1n) is 5.81. The van der Waals surface area contributed by atoms with Gasteiger partial charge in [0.1, 0.15) is 0 Å². The van der Waals surface area contributed by atoms with E-state index in [9.17, 15) is 4.79 Å². The smallest absolute Gasteiger partial charge is 0.269 e. The van der Waals surface area contributed by atoms with Gasteiger partial charge in [-0.15, -0.1) is 11.8 Å². The third-order valence-corrected chi connectivity index (χ3v) is 3.32. The number of rotatable bonds is 5. The highest BCUT2D eigenvalue weighted by molar-refractivity contribution is 7.99. The summed E-state index contributed by atoms with van der Waals surface area (Å²) in [6.45, 7) is 3.95. The minimum Gasteiger partial charge on any atom is -0.396 e. The average molecular weight is 250 g/mol. The zero-order chi connectivity index (χ0) is 12.5. The van der Waals surface area contributed by atoms with Gasteiger partial charge in [0.05, 0.1) is 6.04 Å². The Bertz CT molecular complexity index is 333. The Morgan fingerprint density at radius 2 is 2.29 bits per heavy atom. The summed E-state index contributed by atoms with van der Waals surface area (Å²) in [6.07, 6.45) is 9.95. The molecule has 0 unspecified atom stereocenters. The number of thioether (sulfide) groups is 1. The van der Waals surface area contributed by atoms with Crippen LogP contribution in [0.4, 0.5) is 0 Å². The molecule has 0 aromatic rings. The minimum absolute atomic E-state index is 0.0337. The maximum atomic E-state index is 11.8. The third kappa shape index (κ3) is 5.28. The van der Waals surface area contributed by atoms with Crippen molar-refractivity contribution in [2.45, 2.75) is 19.9 Å². The van der Waals surface area contributed by atoms with Gasteiger partial charge in [-0.05, 0) is 13.8 Å². The summed E-state index contributed by atoms with van der Waals surface area (Å²) in [6, 6.07) is -0.0337. The largest absolute Gasteiger partial charge is 0.396 e. The first kappa shape index (κ1) is 14.1. The van der Waals surface area contributed by atoms with Crippen molar-refractivity contribution in [1.82, 2.24) is 10.5 Å². The molecule has 5 heteroatoms. The van der Waals surface area contributed by atoms with E-state index in [4.69, 9.17) is 0 Å². The normalized spacial score (nSPS) is 21.3. The van der Waals surface area contributed by atoms with Gasteiger partial charge in [-0.2, -0.15) is 0 Å². The highest BCUT2D eigenvalue weighted by Crippen LogP contribution is 2.09. The van der Waals surface area contributed by atoms with Crippen LogP contribution < -0.4 is 10.5 Å². The van der Waals surface area contributed by atoms with Crippen molar-refractivity contribution >= 4 is 25.1 Å². The maximum Gasteiger partial charge on any atom is 0.269 e. The van der Waals surface area contributed by atoms with Crippen LogP contribution in [0, 0.1) is 0 Å². The Morgan fingerprint density at radius 1 is 1.47 bits per heavy atom. The van der Waals surface area contributed by atoms with E-state index in [1.807, 2.05) is 44.2 Å². The molecule has 0 aliphatic carbocycles. The van der Waals surface area contributed by atoms with E-state index in [-0.39, 0.29) is 11.9 Å². The zero-order valence-corrected chi connectivity index (χ0v) is 11.2. The molecule has 17 heavy (non-hydrogen) atoms. The standard InChI is InChI=1S/C12H19BN2OS/c1-3-5-7-10(6-4-2)13-15-12(16)11-8-17-9-14-11/h3-7,11,13-14H,8-9H2,1-2H3,(H,15,16)/b5-3-,6-4-,10-7+/t11-/m1/s1. The lowest BCUT2D eigenvalue weighted by molar-refractivity contribution is -0.120. The highest BCUT2D eigenvalue weighted by atomic mass is 32.2. The zero-order valence-electron chi connectivity index (χ0n) is 10.4. The predicted octanol–water partition coefficient (Wildman–Crippen LogP) is 1.15. The molecule has 1 aliphatic rings. The van der Waals surface area contributed by atoms with Crippen molar-refractivity contribution in [2.75, 3.05) is 11.6 Å². The summed E-state index contributed by atoms with van der Waals surface area (Å²) in [5, 5.41) is 6.10. The maximum absolute atomic E-state index is 11.8. The predicted molar refractivity (Wildman–Crippen MR) is 77.3 cm³/mol. The van der Waals surface area contributed by atoms with Gasteiger partial charge < -0.3 is 5.23 Å². The summed E-state index contributed by atoms with van der Waals surface area (Å²) in [7, 11) is 0.580. The molecule has 0 spiro atoms. The third-order valence-electron chi connectivity index (χ3n) is 2.38. The van der Waals surface area contributed by atoms with E-state index in [2.05, 4.69) is 10.5 Å². The van der Waals surface area contributed by atoms with Gasteiger partial charge in [0.25, 0.3) is 7.41 Å². The molecule has 92 valence electrons. The molecule has 0 aromatic carbocycles. The average Bonchev–Trinajstić information content (AvgIpc) is 2.86. The fraction of sp³-hybridized carbons (Fsp3) is 0.417. The molecule has 0 aromatic heterocycles. The fourth-order valence-corrected chi connectivity index (χ4v) is 2.43. The summed E-state index contributed by atoms with van der Waals surface area (Å²) < 4.78 is 0. The van der Waals surface area contributed by atoms with Crippen LogP contribution in [0.25, 0.3) is 0 Å². The van der Waals surface area contributed by atoms with Gasteiger partial charge in [0.2, 0.25) is 5.91 Å². The van der Waals surface area contributed by atoms with Crippen LogP contribution in [-0.4, -0.2) is 31.0 Å². The van der Waals surface area contributed by atoms with E-state index in [0.29, 0.717) is 7.41 Å². The van der Waals surface area contributed by atoms with Gasteiger partial charge in [-0.1, -0.05) is 35.9 Å². The lowest BCUT2D eigenvalue weighted by Gasteiger charge is -2.09. The van der Waals surface area contributed by atoms with Crippen LogP contribution in [0.2, 0.25) is 0 Å². The number of carbonyl (C=O) groups excluding carboxylic acids is 1. The van der Waals surface area contributed by atoms with Crippen LogP contribution >= 0.6 is 11.8 Å². The Labute approximate surface area is 108 Å². The molecule has 1 rings (SSSR count). The van der Waals surface area contributed by atoms with Gasteiger partial charge in [0.15, 0.2) is 0 Å². The first-order valence-corrected chi connectivity index (χ1v) is 6.96. The van der Waals surface area contributed by atoms with Gasteiger partial charge in [-0.25, -0.2) is 0 Å². The number of allylic oxidation sites excluding steroid dienone is 6. The molecule has 2 N–H and O–H groups in total. The Kier molecular flexibility index (Phi) is 6.81. The van der Waals surface area contributed by atoms with Crippen molar-refractivity contribution < 1.29 is 4.79 Å². The van der Waals surface area contributed by atoms with Crippen molar-refractivity contribution in [3.05, 3.63) is 35.9 Å². The van der Waals surface area contributed by atoms with Crippen LogP contribution in [0.5, 0.6) is 0 Å². The second-order valence-corrected chi connectivity index (χ2v) is 4.79.